The molecule has 1 aromatic carbocycles. The molecule has 0 bridgehead atoms. The van der Waals surface area contributed by atoms with E-state index in [2.05, 4.69) is 10.2 Å². The van der Waals surface area contributed by atoms with Gasteiger partial charge in [0, 0.05) is 31.2 Å². The molecule has 1 aromatic heterocycles. The Balaban J connectivity index is 1.51. The zero-order valence-corrected chi connectivity index (χ0v) is 14.7. The Morgan fingerprint density at radius 2 is 2.25 bits per heavy atom. The maximum atomic E-state index is 13.8. The first-order valence-electron chi connectivity index (χ1n) is 8.39. The van der Waals surface area contributed by atoms with Crippen LogP contribution in [-0.2, 0) is 13.1 Å². The number of halogens is 1. The van der Waals surface area contributed by atoms with Crippen molar-refractivity contribution in [1.29, 1.82) is 0 Å². The molecule has 1 unspecified atom stereocenters. The second kappa shape index (κ2) is 8.01. The fourth-order valence-corrected chi connectivity index (χ4v) is 3.96. The molecular weight excluding hydrogens is 323 g/mol. The average Bonchev–Trinajstić information content (AvgIpc) is 3.05. The van der Waals surface area contributed by atoms with E-state index >= 15 is 0 Å². The van der Waals surface area contributed by atoms with Gasteiger partial charge in [0.15, 0.2) is 5.78 Å². The van der Waals surface area contributed by atoms with E-state index in [1.807, 2.05) is 23.6 Å². The summed E-state index contributed by atoms with van der Waals surface area (Å²) in [4.78, 5) is 14.5. The number of carbonyl (C=O) groups excluding carboxylic acids is 1. The quantitative estimate of drug-likeness (QED) is 0.807. The van der Waals surface area contributed by atoms with E-state index in [1.165, 1.54) is 17.4 Å². The number of thiophene rings is 1. The van der Waals surface area contributed by atoms with Gasteiger partial charge in [0.2, 0.25) is 0 Å². The van der Waals surface area contributed by atoms with Crippen molar-refractivity contribution in [2.75, 3.05) is 13.1 Å². The molecule has 0 spiro atoms. The predicted molar refractivity (Wildman–Crippen MR) is 95.9 cm³/mol. The smallest absolute Gasteiger partial charge is 0.169 e. The van der Waals surface area contributed by atoms with Gasteiger partial charge in [0.05, 0.1) is 4.88 Å². The largest absolute Gasteiger partial charge is 0.309 e. The molecule has 5 heteroatoms. The van der Waals surface area contributed by atoms with Crippen molar-refractivity contribution in [3.63, 3.8) is 0 Å². The number of hydrogen-bond donors (Lipinski definition) is 1. The number of piperidine rings is 1. The van der Waals surface area contributed by atoms with E-state index < -0.39 is 0 Å². The summed E-state index contributed by atoms with van der Waals surface area (Å²) in [5.41, 5.74) is 1.93. The van der Waals surface area contributed by atoms with Gasteiger partial charge >= 0.3 is 0 Å². The lowest BCUT2D eigenvalue weighted by Crippen LogP contribution is -2.45. The lowest BCUT2D eigenvalue weighted by molar-refractivity contribution is 0.102. The zero-order chi connectivity index (χ0) is 16.9. The Kier molecular flexibility index (Phi) is 5.76. The molecule has 1 atom stereocenters. The highest BCUT2D eigenvalue weighted by atomic mass is 32.1. The highest BCUT2D eigenvalue weighted by Crippen LogP contribution is 2.18. The molecule has 1 aliphatic heterocycles. The maximum absolute atomic E-state index is 13.8. The van der Waals surface area contributed by atoms with E-state index in [4.69, 9.17) is 0 Å². The van der Waals surface area contributed by atoms with E-state index in [-0.39, 0.29) is 11.6 Å². The van der Waals surface area contributed by atoms with E-state index in [0.29, 0.717) is 12.6 Å². The van der Waals surface area contributed by atoms with Crippen LogP contribution >= 0.6 is 11.3 Å². The Bertz CT molecular complexity index is 700. The molecule has 24 heavy (non-hydrogen) atoms. The van der Waals surface area contributed by atoms with Crippen molar-refractivity contribution in [1.82, 2.24) is 10.2 Å². The number of nitrogens with one attached hydrogen (secondary N) is 1. The minimum Gasteiger partial charge on any atom is -0.309 e. The number of benzene rings is 1. The number of Topliss-reactive ketones (excluding diaryl/α,β-unsaturated/α-hetero) is 1. The molecule has 2 aromatic rings. The molecule has 0 aliphatic carbocycles. The second-order valence-corrected chi connectivity index (χ2v) is 7.33. The van der Waals surface area contributed by atoms with Crippen LogP contribution in [0.1, 0.15) is 40.6 Å². The summed E-state index contributed by atoms with van der Waals surface area (Å²) in [6.45, 7) is 4.99. The fraction of sp³-hybridized carbons (Fsp3) is 0.421. The highest BCUT2D eigenvalue weighted by molar-refractivity contribution is 7.12. The van der Waals surface area contributed by atoms with Crippen LogP contribution < -0.4 is 5.32 Å². The lowest BCUT2D eigenvalue weighted by Gasteiger charge is -2.33. The highest BCUT2D eigenvalue weighted by Gasteiger charge is 2.20. The normalized spacial score (nSPS) is 18.7. The van der Waals surface area contributed by atoms with E-state index in [0.717, 1.165) is 48.5 Å². The number of likely N-dealkylation sites (tertiary alicyclic amines) is 1. The molecule has 1 N–H and O–H groups in total. The average molecular weight is 346 g/mol. The van der Waals surface area contributed by atoms with Gasteiger partial charge in [-0.05, 0) is 49.4 Å². The summed E-state index contributed by atoms with van der Waals surface area (Å²) in [5, 5.41) is 5.63. The van der Waals surface area contributed by atoms with Crippen LogP contribution in [0.3, 0.4) is 0 Å². The van der Waals surface area contributed by atoms with Crippen LogP contribution in [0.15, 0.2) is 35.7 Å². The van der Waals surface area contributed by atoms with Crippen LogP contribution in [0.25, 0.3) is 0 Å². The van der Waals surface area contributed by atoms with Gasteiger partial charge < -0.3 is 5.32 Å². The van der Waals surface area contributed by atoms with Crippen LogP contribution in [-0.4, -0.2) is 29.8 Å². The first-order valence-corrected chi connectivity index (χ1v) is 9.27. The summed E-state index contributed by atoms with van der Waals surface area (Å²) in [5.74, 6) is 0.00240. The van der Waals surface area contributed by atoms with Gasteiger partial charge in [-0.1, -0.05) is 18.2 Å². The van der Waals surface area contributed by atoms with Crippen molar-refractivity contribution in [3.05, 3.63) is 57.5 Å². The third-order valence-electron chi connectivity index (χ3n) is 4.45. The molecule has 0 radical (unpaired) electrons. The molecular formula is C19H23FN2OS. The van der Waals surface area contributed by atoms with Crippen LogP contribution in [0, 0.1) is 5.82 Å². The molecule has 3 rings (SSSR count). The number of ketones is 1. The number of rotatable bonds is 6. The van der Waals surface area contributed by atoms with Crippen molar-refractivity contribution < 1.29 is 9.18 Å². The molecule has 0 amide bonds. The fourth-order valence-electron chi connectivity index (χ4n) is 3.15. The zero-order valence-electron chi connectivity index (χ0n) is 13.9. The van der Waals surface area contributed by atoms with Crippen LogP contribution in [0.4, 0.5) is 4.39 Å². The standard InChI is InChI=1S/C19H23FN2OS/c1-14(23)19-9-15(13-24-19)10-21-17-6-4-8-22(12-17)11-16-5-2-3-7-18(16)20/h2-3,5,7,9,13,17,21H,4,6,8,10-12H2,1H3. The van der Waals surface area contributed by atoms with Gasteiger partial charge in [-0.2, -0.15) is 0 Å². The Morgan fingerprint density at radius 1 is 1.42 bits per heavy atom. The monoisotopic (exact) mass is 346 g/mol. The minimum atomic E-state index is -0.123. The Hall–Kier alpha value is -1.56. The van der Waals surface area contributed by atoms with Crippen LogP contribution in [0.2, 0.25) is 0 Å². The molecule has 1 aliphatic rings. The first kappa shape index (κ1) is 17.3. The lowest BCUT2D eigenvalue weighted by atomic mass is 10.0. The van der Waals surface area contributed by atoms with Gasteiger partial charge in [-0.25, -0.2) is 4.39 Å². The Labute approximate surface area is 146 Å². The van der Waals surface area contributed by atoms with Crippen molar-refractivity contribution in [3.8, 4) is 0 Å². The third-order valence-corrected chi connectivity index (χ3v) is 5.53. The summed E-state index contributed by atoms with van der Waals surface area (Å²) < 4.78 is 13.8. The molecule has 2 heterocycles. The predicted octanol–water partition coefficient (Wildman–Crippen LogP) is 3.84. The topological polar surface area (TPSA) is 32.3 Å². The summed E-state index contributed by atoms with van der Waals surface area (Å²) in [7, 11) is 0. The van der Waals surface area contributed by atoms with Gasteiger partial charge in [0.1, 0.15) is 5.82 Å². The molecule has 1 saturated heterocycles. The third kappa shape index (κ3) is 4.50. The van der Waals surface area contributed by atoms with Gasteiger partial charge in [-0.15, -0.1) is 11.3 Å². The summed E-state index contributed by atoms with van der Waals surface area (Å²) in [6, 6.07) is 9.39. The summed E-state index contributed by atoms with van der Waals surface area (Å²) >= 11 is 1.51. The van der Waals surface area contributed by atoms with E-state index in [1.54, 1.807) is 13.0 Å². The number of nitrogens with zero attached hydrogens (tertiary/aromatic N) is 1. The SMILES string of the molecule is CC(=O)c1cc(CNC2CCCN(Cc3ccccc3F)C2)cs1. The summed E-state index contributed by atoms with van der Waals surface area (Å²) in [6.07, 6.45) is 2.26. The molecule has 0 saturated carbocycles. The minimum absolute atomic E-state index is 0.123. The molecule has 128 valence electrons. The Morgan fingerprint density at radius 3 is 3.00 bits per heavy atom. The molecule has 3 nitrogen and oxygen atoms in total. The van der Waals surface area contributed by atoms with Gasteiger partial charge in [0.25, 0.3) is 0 Å². The van der Waals surface area contributed by atoms with Crippen molar-refractivity contribution >= 4 is 17.1 Å². The first-order chi connectivity index (χ1) is 11.6. The van der Waals surface area contributed by atoms with Crippen molar-refractivity contribution in [2.24, 2.45) is 0 Å². The second-order valence-electron chi connectivity index (χ2n) is 6.42. The maximum Gasteiger partial charge on any atom is 0.169 e. The number of carbonyl (C=O) groups is 1. The number of hydrogen-bond acceptors (Lipinski definition) is 4. The van der Waals surface area contributed by atoms with Crippen molar-refractivity contribution in [2.45, 2.75) is 38.9 Å². The van der Waals surface area contributed by atoms with Gasteiger partial charge in [-0.3, -0.25) is 9.69 Å². The van der Waals surface area contributed by atoms with Crippen LogP contribution in [0.5, 0.6) is 0 Å². The molecule has 1 fully saturated rings. The van der Waals surface area contributed by atoms with E-state index in [9.17, 15) is 9.18 Å².